The number of rotatable bonds is 1. The zero-order chi connectivity index (χ0) is 8.77. The summed E-state index contributed by atoms with van der Waals surface area (Å²) in [5.74, 6) is 0.129. The summed E-state index contributed by atoms with van der Waals surface area (Å²) in [5.41, 5.74) is 4.24. The summed E-state index contributed by atoms with van der Waals surface area (Å²) in [6, 6.07) is 1.70. The van der Waals surface area contributed by atoms with E-state index in [0.717, 1.165) is 0 Å². The van der Waals surface area contributed by atoms with Crippen molar-refractivity contribution in [1.82, 2.24) is 9.78 Å². The molecule has 5 heteroatoms. The van der Waals surface area contributed by atoms with Crippen LogP contribution < -0.4 is 10.5 Å². The number of amides is 1. The van der Waals surface area contributed by atoms with Crippen LogP contribution in [-0.2, 0) is 11.3 Å². The van der Waals surface area contributed by atoms with Crippen LogP contribution in [0.2, 0.25) is 0 Å². The number of ether oxygens (including phenoxy) is 1. The van der Waals surface area contributed by atoms with Crippen molar-refractivity contribution in [3.8, 4) is 5.88 Å². The van der Waals surface area contributed by atoms with Gasteiger partial charge in [0.25, 0.3) is 5.91 Å². The van der Waals surface area contributed by atoms with E-state index in [1.54, 1.807) is 23.9 Å². The second kappa shape index (κ2) is 2.00. The van der Waals surface area contributed by atoms with Crippen molar-refractivity contribution in [2.75, 3.05) is 0 Å². The maximum Gasteiger partial charge on any atom is 0.263 e. The fourth-order valence-corrected chi connectivity index (χ4v) is 1.20. The molecule has 0 aromatic carbocycles. The molecule has 1 aliphatic rings. The van der Waals surface area contributed by atoms with Gasteiger partial charge in [0.05, 0.1) is 12.7 Å². The van der Waals surface area contributed by atoms with Crippen molar-refractivity contribution in [2.24, 2.45) is 5.73 Å². The minimum absolute atomic E-state index is 0.394. The molecule has 0 saturated heterocycles. The molecular formula is C7H9N3O2. The third-order valence-electron chi connectivity index (χ3n) is 1.98. The Bertz CT molecular complexity index is 311. The molecule has 2 N–H and O–H groups in total. The van der Waals surface area contributed by atoms with Gasteiger partial charge in [0.2, 0.25) is 11.5 Å². The minimum atomic E-state index is -0.927. The van der Waals surface area contributed by atoms with Gasteiger partial charge >= 0.3 is 0 Å². The van der Waals surface area contributed by atoms with Gasteiger partial charge in [0.15, 0.2) is 0 Å². The highest BCUT2D eigenvalue weighted by Crippen LogP contribution is 2.27. The van der Waals surface area contributed by atoms with Crippen molar-refractivity contribution in [3.05, 3.63) is 12.3 Å². The number of carbonyl (C=O) groups excluding carboxylic acids is 1. The van der Waals surface area contributed by atoms with E-state index in [4.69, 9.17) is 10.5 Å². The predicted molar refractivity (Wildman–Crippen MR) is 40.5 cm³/mol. The number of primary amides is 1. The molecule has 0 saturated carbocycles. The fraction of sp³-hybridized carbons (Fsp3) is 0.429. The lowest BCUT2D eigenvalue weighted by Gasteiger charge is -2.17. The molecule has 1 aromatic heterocycles. The second-order valence-corrected chi connectivity index (χ2v) is 3.02. The number of aromatic nitrogens is 2. The summed E-state index contributed by atoms with van der Waals surface area (Å²) in [5, 5.41) is 3.96. The smallest absolute Gasteiger partial charge is 0.263 e. The lowest BCUT2D eigenvalue weighted by Crippen LogP contribution is -2.45. The molecule has 1 atom stereocenters. The average molecular weight is 167 g/mol. The first-order valence-electron chi connectivity index (χ1n) is 3.62. The molecule has 2 heterocycles. The fourth-order valence-electron chi connectivity index (χ4n) is 1.20. The van der Waals surface area contributed by atoms with Gasteiger partial charge in [-0.2, -0.15) is 5.10 Å². The lowest BCUT2D eigenvalue weighted by atomic mass is 10.1. The van der Waals surface area contributed by atoms with Crippen LogP contribution in [0.3, 0.4) is 0 Å². The van der Waals surface area contributed by atoms with E-state index >= 15 is 0 Å². The number of carbonyl (C=O) groups is 1. The Hall–Kier alpha value is -1.52. The molecule has 1 aromatic rings. The van der Waals surface area contributed by atoms with Gasteiger partial charge in [-0.05, 0) is 6.92 Å². The standard InChI is InChI=1S/C7H9N3O2/c1-7(6(8)11)4-10-5(12-7)2-3-9-10/h2-3H,4H2,1H3,(H2,8,11). The predicted octanol–water partition coefficient (Wildman–Crippen LogP) is -0.481. The molecule has 0 fully saturated rings. The summed E-state index contributed by atoms with van der Waals surface area (Å²) in [4.78, 5) is 10.9. The van der Waals surface area contributed by atoms with E-state index in [1.165, 1.54) is 0 Å². The molecule has 1 unspecified atom stereocenters. The molecule has 0 radical (unpaired) electrons. The van der Waals surface area contributed by atoms with Gasteiger partial charge in [-0.15, -0.1) is 0 Å². The number of nitrogens with two attached hydrogens (primary N) is 1. The Balaban J connectivity index is 2.32. The zero-order valence-electron chi connectivity index (χ0n) is 6.65. The maximum atomic E-state index is 10.9. The van der Waals surface area contributed by atoms with Gasteiger partial charge in [-0.1, -0.05) is 0 Å². The summed E-state index contributed by atoms with van der Waals surface area (Å²) < 4.78 is 6.94. The first-order chi connectivity index (χ1) is 5.62. The van der Waals surface area contributed by atoms with Crippen LogP contribution in [0, 0.1) is 0 Å². The summed E-state index contributed by atoms with van der Waals surface area (Å²) >= 11 is 0. The minimum Gasteiger partial charge on any atom is -0.459 e. The van der Waals surface area contributed by atoms with Crippen molar-refractivity contribution < 1.29 is 9.53 Å². The molecule has 2 rings (SSSR count). The van der Waals surface area contributed by atoms with Crippen LogP contribution in [0.25, 0.3) is 0 Å². The highest BCUT2D eigenvalue weighted by atomic mass is 16.5. The van der Waals surface area contributed by atoms with Crippen LogP contribution in [-0.4, -0.2) is 21.3 Å². The third-order valence-corrected chi connectivity index (χ3v) is 1.98. The lowest BCUT2D eigenvalue weighted by molar-refractivity contribution is -0.130. The average Bonchev–Trinajstić information content (AvgIpc) is 2.44. The van der Waals surface area contributed by atoms with Crippen molar-refractivity contribution in [3.63, 3.8) is 0 Å². The normalized spacial score (nSPS) is 26.4. The molecule has 1 amide bonds. The van der Waals surface area contributed by atoms with Crippen LogP contribution >= 0.6 is 0 Å². The zero-order valence-corrected chi connectivity index (χ0v) is 6.65. The van der Waals surface area contributed by atoms with E-state index in [2.05, 4.69) is 5.10 Å². The van der Waals surface area contributed by atoms with Gasteiger partial charge < -0.3 is 10.5 Å². The largest absolute Gasteiger partial charge is 0.459 e. The van der Waals surface area contributed by atoms with E-state index in [1.807, 2.05) is 0 Å². The molecular weight excluding hydrogens is 158 g/mol. The van der Waals surface area contributed by atoms with Crippen LogP contribution in [0.15, 0.2) is 12.3 Å². The van der Waals surface area contributed by atoms with Crippen molar-refractivity contribution in [1.29, 1.82) is 0 Å². The Kier molecular flexibility index (Phi) is 1.19. The topological polar surface area (TPSA) is 70.1 Å². The maximum absolute atomic E-state index is 10.9. The van der Waals surface area contributed by atoms with Crippen LogP contribution in [0.4, 0.5) is 0 Å². The number of nitrogens with zero attached hydrogens (tertiary/aromatic N) is 2. The summed E-state index contributed by atoms with van der Waals surface area (Å²) in [7, 11) is 0. The first kappa shape index (κ1) is 7.15. The van der Waals surface area contributed by atoms with Crippen molar-refractivity contribution >= 4 is 5.91 Å². The quantitative estimate of drug-likeness (QED) is 0.614. The molecule has 5 nitrogen and oxygen atoms in total. The molecule has 12 heavy (non-hydrogen) atoms. The number of hydrogen-bond donors (Lipinski definition) is 1. The monoisotopic (exact) mass is 167 g/mol. The Morgan fingerprint density at radius 1 is 1.92 bits per heavy atom. The molecule has 0 aliphatic carbocycles. The number of fused-ring (bicyclic) bond motifs is 1. The van der Waals surface area contributed by atoms with Gasteiger partial charge in [-0.3, -0.25) is 4.79 Å². The van der Waals surface area contributed by atoms with Gasteiger partial charge in [0.1, 0.15) is 0 Å². The van der Waals surface area contributed by atoms with E-state index in [-0.39, 0.29) is 0 Å². The Morgan fingerprint density at radius 3 is 3.25 bits per heavy atom. The van der Waals surface area contributed by atoms with E-state index in [9.17, 15) is 4.79 Å². The SMILES string of the molecule is CC1(C(N)=O)Cn2nccc2O1. The first-order valence-corrected chi connectivity index (χ1v) is 3.62. The Labute approximate surface area is 69.1 Å². The molecule has 0 spiro atoms. The molecule has 0 bridgehead atoms. The van der Waals surface area contributed by atoms with Crippen LogP contribution in [0.1, 0.15) is 6.92 Å². The molecule has 64 valence electrons. The van der Waals surface area contributed by atoms with E-state index in [0.29, 0.717) is 12.4 Å². The number of hydrogen-bond acceptors (Lipinski definition) is 3. The summed E-state index contributed by atoms with van der Waals surface area (Å²) in [6.45, 7) is 2.05. The Morgan fingerprint density at radius 2 is 2.67 bits per heavy atom. The summed E-state index contributed by atoms with van der Waals surface area (Å²) in [6.07, 6.45) is 1.62. The van der Waals surface area contributed by atoms with E-state index < -0.39 is 11.5 Å². The van der Waals surface area contributed by atoms with Crippen LogP contribution in [0.5, 0.6) is 5.88 Å². The highest BCUT2D eigenvalue weighted by molar-refractivity contribution is 5.83. The third kappa shape index (κ3) is 0.792. The van der Waals surface area contributed by atoms with Gasteiger partial charge in [0, 0.05) is 6.07 Å². The van der Waals surface area contributed by atoms with Gasteiger partial charge in [-0.25, -0.2) is 4.68 Å². The van der Waals surface area contributed by atoms with Crippen molar-refractivity contribution in [2.45, 2.75) is 19.1 Å². The second-order valence-electron chi connectivity index (χ2n) is 3.02. The molecule has 1 aliphatic heterocycles. The highest BCUT2D eigenvalue weighted by Gasteiger charge is 2.40.